The summed E-state index contributed by atoms with van der Waals surface area (Å²) in [6.45, 7) is 3.47. The first-order chi connectivity index (χ1) is 11.3. The molecule has 2 fully saturated rings. The van der Waals surface area contributed by atoms with Crippen molar-refractivity contribution >= 4 is 5.91 Å². The van der Waals surface area contributed by atoms with E-state index in [-0.39, 0.29) is 11.9 Å². The average molecular weight is 316 g/mol. The zero-order chi connectivity index (χ0) is 15.6. The number of ether oxygens (including phenoxy) is 1. The molecule has 124 valence electrons. The summed E-state index contributed by atoms with van der Waals surface area (Å²) in [6.07, 6.45) is 9.25. The minimum atomic E-state index is -0.120. The van der Waals surface area contributed by atoms with E-state index in [1.807, 2.05) is 4.90 Å². The highest BCUT2D eigenvalue weighted by Crippen LogP contribution is 2.27. The fourth-order valence-electron chi connectivity index (χ4n) is 4.14. The molecule has 0 N–H and O–H groups in total. The molecule has 1 aromatic heterocycles. The van der Waals surface area contributed by atoms with Crippen LogP contribution in [0.5, 0.6) is 0 Å². The van der Waals surface area contributed by atoms with Crippen LogP contribution in [-0.4, -0.2) is 64.1 Å². The molecule has 6 nitrogen and oxygen atoms in total. The van der Waals surface area contributed by atoms with Crippen molar-refractivity contribution in [3.05, 3.63) is 23.8 Å². The minimum absolute atomic E-state index is 0.120. The number of carbonyl (C=O) groups is 1. The van der Waals surface area contributed by atoms with Gasteiger partial charge in [0.25, 0.3) is 0 Å². The van der Waals surface area contributed by atoms with Gasteiger partial charge < -0.3 is 9.64 Å². The highest BCUT2D eigenvalue weighted by molar-refractivity contribution is 5.82. The predicted octanol–water partition coefficient (Wildman–Crippen LogP) is 1.00. The lowest BCUT2D eigenvalue weighted by atomic mass is 10.1. The molecule has 1 unspecified atom stereocenters. The smallest absolute Gasteiger partial charge is 0.242 e. The summed E-state index contributed by atoms with van der Waals surface area (Å²) in [6, 6.07) is 0.440. The van der Waals surface area contributed by atoms with Crippen LogP contribution in [-0.2, 0) is 22.5 Å². The monoisotopic (exact) mass is 316 g/mol. The van der Waals surface area contributed by atoms with Gasteiger partial charge in [0.15, 0.2) is 0 Å². The van der Waals surface area contributed by atoms with Crippen LogP contribution in [0.15, 0.2) is 12.4 Å². The summed E-state index contributed by atoms with van der Waals surface area (Å²) >= 11 is 0. The molecule has 1 aliphatic carbocycles. The van der Waals surface area contributed by atoms with Crippen LogP contribution in [0.25, 0.3) is 0 Å². The number of nitrogens with zero attached hydrogens (tertiary/aromatic N) is 4. The normalized spacial score (nSPS) is 26.3. The average Bonchev–Trinajstić information content (AvgIpc) is 3.15. The third-order valence-electron chi connectivity index (χ3n) is 5.38. The standard InChI is InChI=1S/C17H24N4O2/c22-17(20-8-5-14-15(11-20)19-7-6-18-14)16-12-23-10-9-21(16)13-3-1-2-4-13/h6-7,13,16H,1-5,8-12H2. The number of rotatable bonds is 2. The molecular weight excluding hydrogens is 292 g/mol. The fourth-order valence-corrected chi connectivity index (χ4v) is 4.14. The number of aromatic nitrogens is 2. The molecule has 0 radical (unpaired) electrons. The van der Waals surface area contributed by atoms with Crippen molar-refractivity contribution in [2.45, 2.75) is 50.7 Å². The van der Waals surface area contributed by atoms with E-state index in [0.717, 1.165) is 37.5 Å². The molecule has 1 saturated heterocycles. The summed E-state index contributed by atoms with van der Waals surface area (Å²) < 4.78 is 5.64. The molecule has 1 atom stereocenters. The van der Waals surface area contributed by atoms with Crippen molar-refractivity contribution in [1.82, 2.24) is 19.8 Å². The zero-order valence-electron chi connectivity index (χ0n) is 13.5. The van der Waals surface area contributed by atoms with Gasteiger partial charge in [-0.25, -0.2) is 0 Å². The summed E-state index contributed by atoms with van der Waals surface area (Å²) in [5.74, 6) is 0.202. The van der Waals surface area contributed by atoms with Crippen molar-refractivity contribution < 1.29 is 9.53 Å². The molecule has 0 bridgehead atoms. The Hall–Kier alpha value is -1.53. The molecule has 1 aromatic rings. The van der Waals surface area contributed by atoms with Gasteiger partial charge in [-0.2, -0.15) is 0 Å². The molecule has 1 saturated carbocycles. The van der Waals surface area contributed by atoms with Crippen LogP contribution in [0.1, 0.15) is 37.1 Å². The molecule has 3 aliphatic rings. The van der Waals surface area contributed by atoms with Crippen LogP contribution in [0.4, 0.5) is 0 Å². The fraction of sp³-hybridized carbons (Fsp3) is 0.706. The molecule has 6 heteroatoms. The third-order valence-corrected chi connectivity index (χ3v) is 5.38. The van der Waals surface area contributed by atoms with Crippen LogP contribution in [0.2, 0.25) is 0 Å². The second-order valence-corrected chi connectivity index (χ2v) is 6.73. The van der Waals surface area contributed by atoms with E-state index >= 15 is 0 Å². The second kappa shape index (κ2) is 6.53. The van der Waals surface area contributed by atoms with Gasteiger partial charge >= 0.3 is 0 Å². The number of hydrogen-bond acceptors (Lipinski definition) is 5. The topological polar surface area (TPSA) is 58.6 Å². The van der Waals surface area contributed by atoms with Crippen molar-refractivity contribution in [1.29, 1.82) is 0 Å². The van der Waals surface area contributed by atoms with Crippen molar-refractivity contribution in [2.75, 3.05) is 26.3 Å². The Kier molecular flexibility index (Phi) is 4.27. The van der Waals surface area contributed by atoms with Crippen LogP contribution >= 0.6 is 0 Å². The zero-order valence-corrected chi connectivity index (χ0v) is 13.5. The number of hydrogen-bond donors (Lipinski definition) is 0. The predicted molar refractivity (Wildman–Crippen MR) is 84.7 cm³/mol. The Labute approximate surface area is 136 Å². The molecule has 1 amide bonds. The number of carbonyl (C=O) groups excluding carboxylic acids is 1. The Morgan fingerprint density at radius 1 is 1.13 bits per heavy atom. The summed E-state index contributed by atoms with van der Waals surface area (Å²) in [7, 11) is 0. The summed E-state index contributed by atoms with van der Waals surface area (Å²) in [5.41, 5.74) is 1.97. The van der Waals surface area contributed by atoms with E-state index in [1.165, 1.54) is 25.7 Å². The summed E-state index contributed by atoms with van der Waals surface area (Å²) in [5, 5.41) is 0. The lowest BCUT2D eigenvalue weighted by molar-refractivity contribution is -0.146. The quantitative estimate of drug-likeness (QED) is 0.815. The van der Waals surface area contributed by atoms with E-state index in [1.54, 1.807) is 12.4 Å². The molecule has 0 spiro atoms. The lowest BCUT2D eigenvalue weighted by Gasteiger charge is -2.41. The molecule has 3 heterocycles. The first kappa shape index (κ1) is 15.0. The molecule has 4 rings (SSSR count). The number of morpholine rings is 1. The third kappa shape index (κ3) is 2.97. The Bertz CT molecular complexity index is 573. The maximum Gasteiger partial charge on any atom is 0.242 e. The van der Waals surface area contributed by atoms with Crippen LogP contribution < -0.4 is 0 Å². The summed E-state index contributed by atoms with van der Waals surface area (Å²) in [4.78, 5) is 26.2. The van der Waals surface area contributed by atoms with Gasteiger partial charge in [0.1, 0.15) is 6.04 Å². The first-order valence-electron chi connectivity index (χ1n) is 8.74. The Morgan fingerprint density at radius 2 is 1.91 bits per heavy atom. The van der Waals surface area contributed by atoms with Gasteiger partial charge in [-0.05, 0) is 12.8 Å². The maximum absolute atomic E-state index is 13.1. The van der Waals surface area contributed by atoms with Crippen LogP contribution in [0.3, 0.4) is 0 Å². The van der Waals surface area contributed by atoms with Gasteiger partial charge in [-0.15, -0.1) is 0 Å². The molecule has 2 aliphatic heterocycles. The van der Waals surface area contributed by atoms with E-state index < -0.39 is 0 Å². The first-order valence-corrected chi connectivity index (χ1v) is 8.74. The Balaban J connectivity index is 1.49. The number of fused-ring (bicyclic) bond motifs is 1. The molecule has 23 heavy (non-hydrogen) atoms. The van der Waals surface area contributed by atoms with Gasteiger partial charge in [0.2, 0.25) is 5.91 Å². The van der Waals surface area contributed by atoms with Gasteiger partial charge in [0, 0.05) is 37.9 Å². The molecule has 0 aromatic carbocycles. The minimum Gasteiger partial charge on any atom is -0.378 e. The second-order valence-electron chi connectivity index (χ2n) is 6.73. The van der Waals surface area contributed by atoms with E-state index in [2.05, 4.69) is 14.9 Å². The molecular formula is C17H24N4O2. The van der Waals surface area contributed by atoms with Crippen molar-refractivity contribution in [3.8, 4) is 0 Å². The van der Waals surface area contributed by atoms with Gasteiger partial charge in [-0.3, -0.25) is 19.7 Å². The highest BCUT2D eigenvalue weighted by Gasteiger charge is 2.38. The lowest BCUT2D eigenvalue weighted by Crippen LogP contribution is -2.58. The largest absolute Gasteiger partial charge is 0.378 e. The van der Waals surface area contributed by atoms with Crippen molar-refractivity contribution in [3.63, 3.8) is 0 Å². The van der Waals surface area contributed by atoms with E-state index in [9.17, 15) is 4.79 Å². The Morgan fingerprint density at radius 3 is 2.74 bits per heavy atom. The maximum atomic E-state index is 13.1. The van der Waals surface area contributed by atoms with Gasteiger partial charge in [0.05, 0.1) is 31.1 Å². The van der Waals surface area contributed by atoms with Crippen molar-refractivity contribution in [2.24, 2.45) is 0 Å². The van der Waals surface area contributed by atoms with E-state index in [0.29, 0.717) is 19.2 Å². The highest BCUT2D eigenvalue weighted by atomic mass is 16.5. The van der Waals surface area contributed by atoms with Gasteiger partial charge in [-0.1, -0.05) is 12.8 Å². The SMILES string of the molecule is O=C(C1COCCN1C1CCCC1)N1CCc2nccnc2C1. The van der Waals surface area contributed by atoms with E-state index in [4.69, 9.17) is 4.74 Å². The number of amides is 1. The van der Waals surface area contributed by atoms with Crippen LogP contribution in [0, 0.1) is 0 Å².